The summed E-state index contributed by atoms with van der Waals surface area (Å²) in [5.74, 6) is -0.585. The van der Waals surface area contributed by atoms with Crippen LogP contribution in [0.3, 0.4) is 0 Å². The molecule has 1 aromatic rings. The molecule has 1 aromatic carbocycles. The highest BCUT2D eigenvalue weighted by Crippen LogP contribution is 2.27. The molecule has 0 aliphatic heterocycles. The van der Waals surface area contributed by atoms with Crippen LogP contribution in [0, 0.1) is 15.9 Å². The summed E-state index contributed by atoms with van der Waals surface area (Å²) in [6.45, 7) is 0. The first-order valence-electron chi connectivity index (χ1n) is 3.24. The molecule has 0 fully saturated rings. The van der Waals surface area contributed by atoms with Gasteiger partial charge in [-0.25, -0.2) is 4.39 Å². The lowest BCUT2D eigenvalue weighted by molar-refractivity contribution is -0.385. The standard InChI is InChI=1S/C7H4Br2FNO2/c8-3-5-6(9)1-4(11(12)13)2-7(5)10/h1-2H,3H2. The zero-order valence-corrected chi connectivity index (χ0v) is 9.43. The maximum atomic E-state index is 13.1. The Morgan fingerprint density at radius 1 is 1.54 bits per heavy atom. The van der Waals surface area contributed by atoms with E-state index in [9.17, 15) is 14.5 Å². The number of benzene rings is 1. The van der Waals surface area contributed by atoms with Crippen LogP contribution in [0.2, 0.25) is 0 Å². The summed E-state index contributed by atoms with van der Waals surface area (Å²) in [5, 5.41) is 10.6. The molecule has 70 valence electrons. The third kappa shape index (κ3) is 2.25. The van der Waals surface area contributed by atoms with Crippen molar-refractivity contribution in [3.05, 3.63) is 38.1 Å². The number of halogens is 3. The first-order chi connectivity index (χ1) is 6.06. The van der Waals surface area contributed by atoms with Crippen molar-refractivity contribution >= 4 is 37.5 Å². The molecule has 0 saturated carbocycles. The van der Waals surface area contributed by atoms with Crippen molar-refractivity contribution in [1.82, 2.24) is 0 Å². The molecule has 0 heterocycles. The molecule has 0 unspecified atom stereocenters. The molecule has 0 aromatic heterocycles. The van der Waals surface area contributed by atoms with Gasteiger partial charge in [0.15, 0.2) is 0 Å². The normalized spacial score (nSPS) is 10.1. The van der Waals surface area contributed by atoms with Gasteiger partial charge < -0.3 is 0 Å². The molecule has 3 nitrogen and oxygen atoms in total. The highest BCUT2D eigenvalue weighted by molar-refractivity contribution is 9.10. The Hall–Kier alpha value is -0.490. The zero-order chi connectivity index (χ0) is 10.0. The second-order valence-corrected chi connectivity index (χ2v) is 3.69. The molecule has 0 aliphatic carbocycles. The Morgan fingerprint density at radius 2 is 2.15 bits per heavy atom. The molecule has 0 aliphatic rings. The van der Waals surface area contributed by atoms with Crippen molar-refractivity contribution in [2.24, 2.45) is 0 Å². The SMILES string of the molecule is O=[N+]([O-])c1cc(F)c(CBr)c(Br)c1. The van der Waals surface area contributed by atoms with E-state index in [1.54, 1.807) is 0 Å². The first-order valence-corrected chi connectivity index (χ1v) is 5.16. The minimum absolute atomic E-state index is 0.255. The summed E-state index contributed by atoms with van der Waals surface area (Å²) in [6.07, 6.45) is 0. The van der Waals surface area contributed by atoms with Gasteiger partial charge in [0.05, 0.1) is 11.0 Å². The van der Waals surface area contributed by atoms with Gasteiger partial charge >= 0.3 is 0 Å². The van der Waals surface area contributed by atoms with E-state index in [0.717, 1.165) is 6.07 Å². The Morgan fingerprint density at radius 3 is 2.54 bits per heavy atom. The van der Waals surface area contributed by atoms with Gasteiger partial charge in [-0.15, -0.1) is 0 Å². The number of hydrogen-bond acceptors (Lipinski definition) is 2. The maximum absolute atomic E-state index is 13.1. The fraction of sp³-hybridized carbons (Fsp3) is 0.143. The van der Waals surface area contributed by atoms with Gasteiger partial charge in [-0.1, -0.05) is 31.9 Å². The number of alkyl halides is 1. The lowest BCUT2D eigenvalue weighted by atomic mass is 10.2. The monoisotopic (exact) mass is 311 g/mol. The van der Waals surface area contributed by atoms with Crippen molar-refractivity contribution in [2.45, 2.75) is 5.33 Å². The van der Waals surface area contributed by atoms with Crippen molar-refractivity contribution in [2.75, 3.05) is 0 Å². The average Bonchev–Trinajstić information content (AvgIpc) is 2.03. The third-order valence-corrected chi connectivity index (χ3v) is 2.74. The van der Waals surface area contributed by atoms with Crippen molar-refractivity contribution in [1.29, 1.82) is 0 Å². The van der Waals surface area contributed by atoms with Crippen LogP contribution in [-0.2, 0) is 5.33 Å². The predicted molar refractivity (Wildman–Crippen MR) is 53.4 cm³/mol. The predicted octanol–water partition coefficient (Wildman–Crippen LogP) is 3.39. The Labute approximate surface area is 90.3 Å². The number of nitro groups is 1. The number of rotatable bonds is 2. The largest absolute Gasteiger partial charge is 0.273 e. The van der Waals surface area contributed by atoms with Crippen LogP contribution in [-0.4, -0.2) is 4.92 Å². The summed E-state index contributed by atoms with van der Waals surface area (Å²) in [6, 6.07) is 2.18. The molecule has 0 amide bonds. The van der Waals surface area contributed by atoms with Gasteiger partial charge in [-0.2, -0.15) is 0 Å². The topological polar surface area (TPSA) is 43.1 Å². The molecule has 0 N–H and O–H groups in total. The quantitative estimate of drug-likeness (QED) is 0.477. The molecule has 0 bridgehead atoms. The lowest BCUT2D eigenvalue weighted by Gasteiger charge is -2.01. The summed E-state index contributed by atoms with van der Waals surface area (Å²) >= 11 is 6.13. The molecule has 1 rings (SSSR count). The van der Waals surface area contributed by atoms with Gasteiger partial charge in [0.2, 0.25) is 0 Å². The lowest BCUT2D eigenvalue weighted by Crippen LogP contribution is -1.93. The fourth-order valence-electron chi connectivity index (χ4n) is 0.823. The van der Waals surface area contributed by atoms with E-state index >= 15 is 0 Å². The Kier molecular flexibility index (Phi) is 3.38. The van der Waals surface area contributed by atoms with Crippen LogP contribution in [0.25, 0.3) is 0 Å². The highest BCUT2D eigenvalue weighted by atomic mass is 79.9. The van der Waals surface area contributed by atoms with Crippen molar-refractivity contribution in [3.63, 3.8) is 0 Å². The second-order valence-electron chi connectivity index (χ2n) is 2.28. The van der Waals surface area contributed by atoms with Gasteiger partial charge in [0.1, 0.15) is 5.82 Å². The summed E-state index contributed by atoms with van der Waals surface area (Å²) in [5.41, 5.74) is 0.125. The van der Waals surface area contributed by atoms with Crippen molar-refractivity contribution in [3.8, 4) is 0 Å². The summed E-state index contributed by atoms with van der Waals surface area (Å²) < 4.78 is 13.5. The first kappa shape index (κ1) is 10.6. The molecule has 13 heavy (non-hydrogen) atoms. The molecule has 0 atom stereocenters. The molecular weight excluding hydrogens is 309 g/mol. The van der Waals surface area contributed by atoms with E-state index in [0.29, 0.717) is 15.4 Å². The van der Waals surface area contributed by atoms with Gasteiger partial charge in [-0.05, 0) is 0 Å². The van der Waals surface area contributed by atoms with E-state index in [1.165, 1.54) is 6.07 Å². The van der Waals surface area contributed by atoms with Crippen LogP contribution in [0.1, 0.15) is 5.56 Å². The Bertz CT molecular complexity index is 333. The molecule has 0 spiro atoms. The van der Waals surface area contributed by atoms with Crippen LogP contribution < -0.4 is 0 Å². The molecule has 0 radical (unpaired) electrons. The van der Waals surface area contributed by atoms with E-state index in [1.807, 2.05) is 0 Å². The minimum atomic E-state index is -0.633. The highest BCUT2D eigenvalue weighted by Gasteiger charge is 2.13. The van der Waals surface area contributed by atoms with E-state index < -0.39 is 10.7 Å². The average molecular weight is 313 g/mol. The maximum Gasteiger partial charge on any atom is 0.273 e. The summed E-state index contributed by atoms with van der Waals surface area (Å²) in [7, 11) is 0. The smallest absolute Gasteiger partial charge is 0.258 e. The number of hydrogen-bond donors (Lipinski definition) is 0. The van der Waals surface area contributed by atoms with E-state index in [4.69, 9.17) is 0 Å². The van der Waals surface area contributed by atoms with Crippen LogP contribution in [0.4, 0.5) is 10.1 Å². The molecule has 6 heteroatoms. The third-order valence-electron chi connectivity index (χ3n) is 1.47. The van der Waals surface area contributed by atoms with Gasteiger partial charge in [0, 0.05) is 21.4 Å². The van der Waals surface area contributed by atoms with Gasteiger partial charge in [-0.3, -0.25) is 10.1 Å². The van der Waals surface area contributed by atoms with Crippen LogP contribution >= 0.6 is 31.9 Å². The van der Waals surface area contributed by atoms with Crippen LogP contribution in [0.5, 0.6) is 0 Å². The van der Waals surface area contributed by atoms with Crippen LogP contribution in [0.15, 0.2) is 16.6 Å². The zero-order valence-electron chi connectivity index (χ0n) is 6.26. The Balaban J connectivity index is 3.28. The van der Waals surface area contributed by atoms with E-state index in [-0.39, 0.29) is 5.69 Å². The fourth-order valence-corrected chi connectivity index (χ4v) is 2.33. The van der Waals surface area contributed by atoms with E-state index in [2.05, 4.69) is 31.9 Å². The second kappa shape index (κ2) is 4.15. The number of nitro benzene ring substituents is 1. The van der Waals surface area contributed by atoms with Gasteiger partial charge in [0.25, 0.3) is 5.69 Å². The number of nitrogens with zero attached hydrogens (tertiary/aromatic N) is 1. The molecule has 0 saturated heterocycles. The minimum Gasteiger partial charge on any atom is -0.258 e. The molecular formula is C7H4Br2FNO2. The van der Waals surface area contributed by atoms with Crippen molar-refractivity contribution < 1.29 is 9.31 Å². The summed E-state index contributed by atoms with van der Waals surface area (Å²) in [4.78, 5) is 9.68. The number of non-ortho nitro benzene ring substituents is 1.